The molecule has 12 N–H and O–H groups in total. The van der Waals surface area contributed by atoms with Crippen molar-refractivity contribution in [2.75, 3.05) is 33.2 Å². The van der Waals surface area contributed by atoms with E-state index in [4.69, 9.17) is 0 Å². The number of aromatic hydroxyl groups is 6. The number of urea groups is 1. The van der Waals surface area contributed by atoms with Crippen LogP contribution in [0.4, 0.5) is 35.5 Å². The highest BCUT2D eigenvalue weighted by Crippen LogP contribution is 2.56. The predicted octanol–water partition coefficient (Wildman–Crippen LogP) is 0.183. The number of amides is 3. The molecule has 18 nitrogen and oxygen atoms in total. The van der Waals surface area contributed by atoms with Crippen molar-refractivity contribution in [1.82, 2.24) is 19.6 Å². The molecule has 1 saturated heterocycles. The van der Waals surface area contributed by atoms with Crippen LogP contribution in [-0.2, 0) is 23.7 Å². The maximum atomic E-state index is 14.3. The summed E-state index contributed by atoms with van der Waals surface area (Å²) in [5, 5.41) is 128. The van der Waals surface area contributed by atoms with Crippen LogP contribution in [0.3, 0.4) is 0 Å². The van der Waals surface area contributed by atoms with Gasteiger partial charge in [-0.05, 0) is 13.8 Å². The Morgan fingerprint density at radius 2 is 1.22 bits per heavy atom. The lowest BCUT2D eigenvalue weighted by Crippen LogP contribution is -2.76. The van der Waals surface area contributed by atoms with Crippen molar-refractivity contribution >= 4 is 11.9 Å². The Morgan fingerprint density at radius 1 is 0.764 bits per heavy atom. The lowest BCUT2D eigenvalue weighted by Gasteiger charge is -2.51. The second-order valence-electron chi connectivity index (χ2n) is 12.6. The number of rotatable bonds is 9. The van der Waals surface area contributed by atoms with Gasteiger partial charge in [-0.15, -0.1) is 0 Å². The van der Waals surface area contributed by atoms with Crippen LogP contribution >= 0.6 is 0 Å². The van der Waals surface area contributed by atoms with Crippen molar-refractivity contribution in [2.45, 2.75) is 69.7 Å². The molecule has 0 aliphatic carbocycles. The minimum atomic E-state index is -5.96. The molecular formula is C30H37F7N4O14. The first-order chi connectivity index (χ1) is 24.8. The molecule has 2 aromatic rings. The SMILES string of the molecule is CC(=O)N1CCN(C(C(O)O)C(O)(O)C(O)(O)N(Cc2c(C)c(O)c(F)c(O)c2O)C(=O)N(C)C(C)c2c(O)c(C(F)(F)F)c(O)c(C(F)(F)F)c2O)CC1. The number of phenolic OH excluding ortho intramolecular Hbond substituents is 6. The number of hydrogen-bond acceptors (Lipinski definition) is 15. The first kappa shape index (κ1) is 44.6. The van der Waals surface area contributed by atoms with Crippen LogP contribution in [0.15, 0.2) is 0 Å². The highest BCUT2D eigenvalue weighted by Gasteiger charge is 2.63. The normalized spacial score (nSPS) is 16.0. The number of carbonyl (C=O) groups is 2. The van der Waals surface area contributed by atoms with Crippen molar-refractivity contribution < 1.29 is 102 Å². The topological polar surface area (TPSA) is 290 Å². The van der Waals surface area contributed by atoms with Gasteiger partial charge in [0, 0.05) is 51.3 Å². The Morgan fingerprint density at radius 3 is 1.62 bits per heavy atom. The second-order valence-corrected chi connectivity index (χ2v) is 12.6. The summed E-state index contributed by atoms with van der Waals surface area (Å²) in [4.78, 5) is 27.3. The molecule has 25 heteroatoms. The molecule has 1 aliphatic heterocycles. The Bertz CT molecular complexity index is 1750. The van der Waals surface area contributed by atoms with Crippen molar-refractivity contribution in [2.24, 2.45) is 0 Å². The summed E-state index contributed by atoms with van der Waals surface area (Å²) in [6, 6.07) is -7.29. The van der Waals surface area contributed by atoms with E-state index < -0.39 is 147 Å². The number of carbonyl (C=O) groups excluding carboxylic acids is 2. The van der Waals surface area contributed by atoms with Gasteiger partial charge in [0.25, 0.3) is 5.79 Å². The number of hydrogen-bond donors (Lipinski definition) is 12. The predicted molar refractivity (Wildman–Crippen MR) is 165 cm³/mol. The molecule has 55 heavy (non-hydrogen) atoms. The molecule has 0 bridgehead atoms. The molecule has 3 rings (SSSR count). The van der Waals surface area contributed by atoms with Gasteiger partial charge in [0.1, 0.15) is 34.4 Å². The zero-order chi connectivity index (χ0) is 42.7. The van der Waals surface area contributed by atoms with Gasteiger partial charge in [-0.2, -0.15) is 30.7 Å². The van der Waals surface area contributed by atoms with Gasteiger partial charge in [-0.25, -0.2) is 4.79 Å². The van der Waals surface area contributed by atoms with Crippen LogP contribution in [0.25, 0.3) is 0 Å². The molecule has 2 unspecified atom stereocenters. The van der Waals surface area contributed by atoms with Gasteiger partial charge >= 0.3 is 24.3 Å². The number of piperazine rings is 1. The van der Waals surface area contributed by atoms with Crippen LogP contribution in [0, 0.1) is 12.7 Å². The molecule has 1 heterocycles. The molecule has 0 aromatic heterocycles. The Labute approximate surface area is 304 Å². The summed E-state index contributed by atoms with van der Waals surface area (Å²) < 4.78 is 97.5. The fourth-order valence-corrected chi connectivity index (χ4v) is 6.08. The molecule has 1 aliphatic rings. The van der Waals surface area contributed by atoms with Gasteiger partial charge in [-0.3, -0.25) is 14.6 Å². The molecule has 0 spiro atoms. The van der Waals surface area contributed by atoms with Crippen LogP contribution < -0.4 is 0 Å². The fourth-order valence-electron chi connectivity index (χ4n) is 6.08. The number of benzene rings is 2. The number of phenols is 6. The zero-order valence-electron chi connectivity index (χ0n) is 28.9. The third-order valence-corrected chi connectivity index (χ3v) is 9.32. The lowest BCUT2D eigenvalue weighted by molar-refractivity contribution is -0.431. The maximum Gasteiger partial charge on any atom is 0.423 e. The minimum absolute atomic E-state index is 0.0466. The van der Waals surface area contributed by atoms with E-state index in [9.17, 15) is 102 Å². The largest absolute Gasteiger partial charge is 0.507 e. The number of aliphatic hydroxyl groups excluding tert-OH is 1. The fraction of sp³-hybridized carbons (Fsp3) is 0.533. The summed E-state index contributed by atoms with van der Waals surface area (Å²) in [6.45, 7) is -0.505. The summed E-state index contributed by atoms with van der Waals surface area (Å²) in [5.74, 6) is -23.3. The Kier molecular flexibility index (Phi) is 12.2. The number of aliphatic hydroxyl groups is 6. The summed E-state index contributed by atoms with van der Waals surface area (Å²) in [6.07, 6.45) is -14.9. The van der Waals surface area contributed by atoms with Gasteiger partial charge in [-0.1, -0.05) is 0 Å². The van der Waals surface area contributed by atoms with E-state index in [1.165, 1.54) is 4.90 Å². The smallest absolute Gasteiger partial charge is 0.423 e. The van der Waals surface area contributed by atoms with Gasteiger partial charge in [0.15, 0.2) is 23.5 Å². The number of halogens is 7. The molecule has 2 atom stereocenters. The molecule has 2 aromatic carbocycles. The molecule has 0 radical (unpaired) electrons. The van der Waals surface area contributed by atoms with Crippen molar-refractivity contribution in [3.8, 4) is 34.5 Å². The number of nitrogens with zero attached hydrogens (tertiary/aromatic N) is 4. The van der Waals surface area contributed by atoms with E-state index in [-0.39, 0.29) is 18.0 Å². The lowest BCUT2D eigenvalue weighted by atomic mass is 9.94. The summed E-state index contributed by atoms with van der Waals surface area (Å²) in [7, 11) is 0.477. The van der Waals surface area contributed by atoms with Gasteiger partial charge < -0.3 is 71.1 Å². The zero-order valence-corrected chi connectivity index (χ0v) is 28.9. The Balaban J connectivity index is 2.31. The van der Waals surface area contributed by atoms with Gasteiger partial charge in [0.2, 0.25) is 11.7 Å². The highest BCUT2D eigenvalue weighted by atomic mass is 19.4. The van der Waals surface area contributed by atoms with Crippen molar-refractivity contribution in [3.05, 3.63) is 33.6 Å². The first-order valence-corrected chi connectivity index (χ1v) is 15.5. The van der Waals surface area contributed by atoms with E-state index in [1.54, 1.807) is 0 Å². The van der Waals surface area contributed by atoms with E-state index in [0.29, 0.717) is 14.0 Å². The Hall–Kier alpha value is -4.79. The van der Waals surface area contributed by atoms with E-state index in [1.807, 2.05) is 0 Å². The quantitative estimate of drug-likeness (QED) is 0.0697. The molecule has 310 valence electrons. The average Bonchev–Trinajstić information content (AvgIpc) is 3.04. The highest BCUT2D eigenvalue weighted by molar-refractivity contribution is 5.77. The molecule has 0 saturated carbocycles. The molecule has 1 fully saturated rings. The summed E-state index contributed by atoms with van der Waals surface area (Å²) >= 11 is 0. The van der Waals surface area contributed by atoms with Crippen LogP contribution in [0.5, 0.6) is 34.5 Å². The third kappa shape index (κ3) is 7.85. The minimum Gasteiger partial charge on any atom is -0.507 e. The standard InChI is InChI=1S/C30H37F7N4O14/c1-10-13(19(44)23(48)17(31)18(10)43)9-41(30(54,55)27(52,53)24(25(49)50)40-7-5-39(6-8-40)12(3)42)26(51)38(4)11(2)14-20(45)15(28(32,33)34)22(47)16(21(14)46)29(35,36)37/h11,24-25,43-50,52-55H,5-9H2,1-4H3. The number of alkyl halides is 6. The van der Waals surface area contributed by atoms with E-state index in [0.717, 1.165) is 18.7 Å². The van der Waals surface area contributed by atoms with E-state index in [2.05, 4.69) is 0 Å². The van der Waals surface area contributed by atoms with Crippen molar-refractivity contribution in [1.29, 1.82) is 0 Å². The van der Waals surface area contributed by atoms with Gasteiger partial charge in [0.05, 0.1) is 18.2 Å². The first-order valence-electron chi connectivity index (χ1n) is 15.5. The van der Waals surface area contributed by atoms with Crippen LogP contribution in [-0.4, -0.2) is 150 Å². The maximum absolute atomic E-state index is 14.3. The second kappa shape index (κ2) is 15.0. The van der Waals surface area contributed by atoms with E-state index >= 15 is 0 Å². The molecular weight excluding hydrogens is 773 g/mol. The third-order valence-electron chi connectivity index (χ3n) is 9.32. The summed E-state index contributed by atoms with van der Waals surface area (Å²) in [5.41, 5.74) is -9.06. The van der Waals surface area contributed by atoms with Crippen LogP contribution in [0.2, 0.25) is 0 Å². The monoisotopic (exact) mass is 810 g/mol. The van der Waals surface area contributed by atoms with Crippen LogP contribution in [0.1, 0.15) is 47.7 Å². The average molecular weight is 811 g/mol. The molecule has 3 amide bonds. The van der Waals surface area contributed by atoms with Crippen molar-refractivity contribution in [3.63, 3.8) is 0 Å².